The molecule has 0 fully saturated rings. The van der Waals surface area contributed by atoms with E-state index in [1.807, 2.05) is 20.9 Å². The first-order chi connectivity index (χ1) is 8.47. The first-order valence-electron chi connectivity index (χ1n) is 6.15. The van der Waals surface area contributed by atoms with Crippen LogP contribution < -0.4 is 10.2 Å². The standard InChI is InChI=1S/C14H21FN2O/c1-10(2)13(9-16-3)14(18)17(4)12-7-5-6-11(15)8-12/h5-8,10,13,16H,9H2,1-4H3. The molecule has 1 atom stereocenters. The van der Waals surface area contributed by atoms with Gasteiger partial charge in [0.15, 0.2) is 0 Å². The lowest BCUT2D eigenvalue weighted by molar-refractivity contribution is -0.123. The molecule has 0 aliphatic carbocycles. The second-order valence-corrected chi connectivity index (χ2v) is 4.79. The number of amides is 1. The van der Waals surface area contributed by atoms with Gasteiger partial charge in [0.1, 0.15) is 5.82 Å². The maximum Gasteiger partial charge on any atom is 0.231 e. The molecule has 0 saturated heterocycles. The highest BCUT2D eigenvalue weighted by atomic mass is 19.1. The number of hydrogen-bond acceptors (Lipinski definition) is 2. The molecule has 0 radical (unpaired) electrons. The molecule has 1 aromatic rings. The van der Waals surface area contributed by atoms with Crippen molar-refractivity contribution in [3.8, 4) is 0 Å². The van der Waals surface area contributed by atoms with Crippen LogP contribution in [-0.4, -0.2) is 26.5 Å². The summed E-state index contributed by atoms with van der Waals surface area (Å²) >= 11 is 0. The van der Waals surface area contributed by atoms with Gasteiger partial charge in [0, 0.05) is 19.3 Å². The molecule has 1 aromatic carbocycles. The minimum Gasteiger partial charge on any atom is -0.319 e. The lowest BCUT2D eigenvalue weighted by Gasteiger charge is -2.26. The summed E-state index contributed by atoms with van der Waals surface area (Å²) in [5.41, 5.74) is 0.585. The van der Waals surface area contributed by atoms with Crippen LogP contribution in [-0.2, 0) is 4.79 Å². The largest absolute Gasteiger partial charge is 0.319 e. The molecule has 1 unspecified atom stereocenters. The molecule has 0 bridgehead atoms. The fraction of sp³-hybridized carbons (Fsp3) is 0.500. The predicted octanol–water partition coefficient (Wildman–Crippen LogP) is 2.28. The normalized spacial score (nSPS) is 12.6. The van der Waals surface area contributed by atoms with Crippen molar-refractivity contribution < 1.29 is 9.18 Å². The third-order valence-electron chi connectivity index (χ3n) is 3.07. The second kappa shape index (κ2) is 6.50. The van der Waals surface area contributed by atoms with Crippen molar-refractivity contribution in [1.82, 2.24) is 5.32 Å². The van der Waals surface area contributed by atoms with Gasteiger partial charge in [-0.05, 0) is 31.2 Å². The third-order valence-corrected chi connectivity index (χ3v) is 3.07. The smallest absolute Gasteiger partial charge is 0.231 e. The molecule has 0 heterocycles. The van der Waals surface area contributed by atoms with E-state index in [0.29, 0.717) is 12.2 Å². The van der Waals surface area contributed by atoms with Gasteiger partial charge in [0.2, 0.25) is 5.91 Å². The average Bonchev–Trinajstić information content (AvgIpc) is 2.33. The summed E-state index contributed by atoms with van der Waals surface area (Å²) in [5.74, 6) is -0.198. The second-order valence-electron chi connectivity index (χ2n) is 4.79. The van der Waals surface area contributed by atoms with E-state index < -0.39 is 0 Å². The van der Waals surface area contributed by atoms with E-state index in [9.17, 15) is 9.18 Å². The van der Waals surface area contributed by atoms with Gasteiger partial charge < -0.3 is 10.2 Å². The van der Waals surface area contributed by atoms with Crippen LogP contribution in [0.3, 0.4) is 0 Å². The molecular weight excluding hydrogens is 231 g/mol. The van der Waals surface area contributed by atoms with E-state index in [1.165, 1.54) is 17.0 Å². The summed E-state index contributed by atoms with van der Waals surface area (Å²) in [7, 11) is 3.51. The molecule has 0 saturated carbocycles. The molecule has 1 N–H and O–H groups in total. The van der Waals surface area contributed by atoms with Crippen LogP contribution in [0.4, 0.5) is 10.1 Å². The fourth-order valence-corrected chi connectivity index (χ4v) is 1.89. The Balaban J connectivity index is 2.88. The number of benzene rings is 1. The van der Waals surface area contributed by atoms with Crippen molar-refractivity contribution in [1.29, 1.82) is 0 Å². The molecule has 18 heavy (non-hydrogen) atoms. The van der Waals surface area contributed by atoms with Gasteiger partial charge in [-0.15, -0.1) is 0 Å². The highest BCUT2D eigenvalue weighted by Gasteiger charge is 2.25. The minimum absolute atomic E-state index is 0.00458. The van der Waals surface area contributed by atoms with E-state index >= 15 is 0 Å². The maximum atomic E-state index is 13.1. The van der Waals surface area contributed by atoms with Crippen molar-refractivity contribution in [2.24, 2.45) is 11.8 Å². The summed E-state index contributed by atoms with van der Waals surface area (Å²) in [6.07, 6.45) is 0. The topological polar surface area (TPSA) is 32.3 Å². The van der Waals surface area contributed by atoms with Gasteiger partial charge in [-0.25, -0.2) is 4.39 Å². The summed E-state index contributed by atoms with van der Waals surface area (Å²) < 4.78 is 13.1. The molecule has 0 aromatic heterocycles. The SMILES string of the molecule is CNCC(C(=O)N(C)c1cccc(F)c1)C(C)C. The Hall–Kier alpha value is -1.42. The van der Waals surface area contributed by atoms with Crippen molar-refractivity contribution in [2.45, 2.75) is 13.8 Å². The number of nitrogens with one attached hydrogen (secondary N) is 1. The summed E-state index contributed by atoms with van der Waals surface area (Å²) in [6, 6.07) is 6.08. The molecule has 4 heteroatoms. The lowest BCUT2D eigenvalue weighted by Crippen LogP contribution is -2.40. The number of anilines is 1. The van der Waals surface area contributed by atoms with Crippen LogP contribution in [0.5, 0.6) is 0 Å². The zero-order chi connectivity index (χ0) is 13.7. The number of carbonyl (C=O) groups is 1. The molecule has 100 valence electrons. The molecule has 1 amide bonds. The van der Waals surface area contributed by atoms with Crippen LogP contribution >= 0.6 is 0 Å². The zero-order valence-corrected chi connectivity index (χ0v) is 11.4. The molecular formula is C14H21FN2O. The van der Waals surface area contributed by atoms with Crippen LogP contribution in [0.1, 0.15) is 13.8 Å². The Labute approximate surface area is 108 Å². The van der Waals surface area contributed by atoms with Crippen molar-refractivity contribution in [3.05, 3.63) is 30.1 Å². The number of nitrogens with zero attached hydrogens (tertiary/aromatic N) is 1. The van der Waals surface area contributed by atoms with Crippen molar-refractivity contribution in [3.63, 3.8) is 0 Å². The Morgan fingerprint density at radius 3 is 2.61 bits per heavy atom. The van der Waals surface area contributed by atoms with E-state index in [0.717, 1.165) is 0 Å². The Morgan fingerprint density at radius 1 is 1.44 bits per heavy atom. The van der Waals surface area contributed by atoms with Gasteiger partial charge in [-0.1, -0.05) is 19.9 Å². The first-order valence-corrected chi connectivity index (χ1v) is 6.15. The monoisotopic (exact) mass is 252 g/mol. The van der Waals surface area contributed by atoms with E-state index in [4.69, 9.17) is 0 Å². The van der Waals surface area contributed by atoms with Gasteiger partial charge in [0.05, 0.1) is 5.92 Å². The van der Waals surface area contributed by atoms with Gasteiger partial charge in [-0.3, -0.25) is 4.79 Å². The summed E-state index contributed by atoms with van der Waals surface area (Å²) in [4.78, 5) is 13.9. The zero-order valence-electron chi connectivity index (χ0n) is 11.4. The van der Waals surface area contributed by atoms with Crippen LogP contribution in [0.2, 0.25) is 0 Å². The minimum atomic E-state index is -0.332. The number of carbonyl (C=O) groups excluding carboxylic acids is 1. The highest BCUT2D eigenvalue weighted by molar-refractivity contribution is 5.94. The Morgan fingerprint density at radius 2 is 2.11 bits per heavy atom. The predicted molar refractivity (Wildman–Crippen MR) is 72.1 cm³/mol. The van der Waals surface area contributed by atoms with Crippen LogP contribution in [0.25, 0.3) is 0 Å². The van der Waals surface area contributed by atoms with Gasteiger partial charge >= 0.3 is 0 Å². The Bertz CT molecular complexity index is 407. The number of halogens is 1. The highest BCUT2D eigenvalue weighted by Crippen LogP contribution is 2.19. The molecule has 3 nitrogen and oxygen atoms in total. The van der Waals surface area contributed by atoms with Gasteiger partial charge in [-0.2, -0.15) is 0 Å². The van der Waals surface area contributed by atoms with Crippen molar-refractivity contribution >= 4 is 11.6 Å². The van der Waals surface area contributed by atoms with E-state index in [2.05, 4.69) is 5.32 Å². The van der Waals surface area contributed by atoms with Crippen LogP contribution in [0, 0.1) is 17.7 Å². The van der Waals surface area contributed by atoms with E-state index in [1.54, 1.807) is 19.2 Å². The maximum absolute atomic E-state index is 13.1. The van der Waals surface area contributed by atoms with E-state index in [-0.39, 0.29) is 23.6 Å². The lowest BCUT2D eigenvalue weighted by atomic mass is 9.94. The quantitative estimate of drug-likeness (QED) is 0.872. The third kappa shape index (κ3) is 3.53. The van der Waals surface area contributed by atoms with Crippen LogP contribution in [0.15, 0.2) is 24.3 Å². The van der Waals surface area contributed by atoms with Gasteiger partial charge in [0.25, 0.3) is 0 Å². The fourth-order valence-electron chi connectivity index (χ4n) is 1.89. The number of rotatable bonds is 5. The average molecular weight is 252 g/mol. The van der Waals surface area contributed by atoms with Crippen molar-refractivity contribution in [2.75, 3.05) is 25.5 Å². The molecule has 1 rings (SSSR count). The molecule has 0 spiro atoms. The first kappa shape index (κ1) is 14.6. The molecule has 0 aliphatic rings. The molecule has 0 aliphatic heterocycles. The summed E-state index contributed by atoms with van der Waals surface area (Å²) in [6.45, 7) is 4.65. The summed E-state index contributed by atoms with van der Waals surface area (Å²) in [5, 5.41) is 3.03. The Kier molecular flexibility index (Phi) is 5.28. The number of hydrogen-bond donors (Lipinski definition) is 1.